The molecule has 1 aromatic heterocycles. The predicted octanol–water partition coefficient (Wildman–Crippen LogP) is 4.41. The number of nitrogens with zero attached hydrogens (tertiary/aromatic N) is 3. The fraction of sp³-hybridized carbons (Fsp3) is 0.444. The number of hydrogen-bond acceptors (Lipinski definition) is 5. The molecule has 4 nitrogen and oxygen atoms in total. The van der Waals surface area contributed by atoms with Crippen molar-refractivity contribution in [2.45, 2.75) is 45.7 Å². The number of anilines is 1. The zero-order valence-electron chi connectivity index (χ0n) is 14.1. The van der Waals surface area contributed by atoms with Gasteiger partial charge in [-0.1, -0.05) is 12.5 Å². The standard InChI is InChI=1S/C18H23FN4S/c1-13-12-24-18(21-13)22-20-10-15-6-7-17(19)9-16(15)11-23-8-4-3-5-14(23)2/h6-7,9-10,12,14H,3-5,8,11H2,1-2H3,(H,21,22). The van der Waals surface area contributed by atoms with E-state index in [1.54, 1.807) is 18.3 Å². The Kier molecular flexibility index (Phi) is 5.58. The maximum absolute atomic E-state index is 13.7. The van der Waals surface area contributed by atoms with Gasteiger partial charge < -0.3 is 0 Å². The number of aryl methyl sites for hydroxylation is 1. The molecule has 1 aliphatic rings. The fourth-order valence-corrected chi connectivity index (χ4v) is 3.65. The second kappa shape index (κ2) is 7.85. The molecule has 1 aromatic carbocycles. The Morgan fingerprint density at radius 3 is 3.08 bits per heavy atom. The molecule has 3 rings (SSSR count). The molecule has 0 bridgehead atoms. The Hall–Kier alpha value is -1.79. The summed E-state index contributed by atoms with van der Waals surface area (Å²) in [5.74, 6) is -0.199. The lowest BCUT2D eigenvalue weighted by Gasteiger charge is -2.33. The van der Waals surface area contributed by atoms with Crippen LogP contribution < -0.4 is 5.43 Å². The van der Waals surface area contributed by atoms with Crippen molar-refractivity contribution in [1.82, 2.24) is 9.88 Å². The van der Waals surface area contributed by atoms with Gasteiger partial charge in [0.15, 0.2) is 0 Å². The van der Waals surface area contributed by atoms with Crippen molar-refractivity contribution in [3.63, 3.8) is 0 Å². The van der Waals surface area contributed by atoms with Crippen molar-refractivity contribution in [2.24, 2.45) is 5.10 Å². The van der Waals surface area contributed by atoms with Gasteiger partial charge >= 0.3 is 0 Å². The number of hydrogen-bond donors (Lipinski definition) is 1. The molecule has 0 radical (unpaired) electrons. The maximum Gasteiger partial charge on any atom is 0.203 e. The van der Waals surface area contributed by atoms with Crippen LogP contribution in [-0.4, -0.2) is 28.7 Å². The molecule has 0 amide bonds. The molecule has 2 aromatic rings. The summed E-state index contributed by atoms with van der Waals surface area (Å²) in [7, 11) is 0. The number of hydrazone groups is 1. The normalized spacial score (nSPS) is 19.0. The van der Waals surface area contributed by atoms with E-state index in [1.165, 1.54) is 36.7 Å². The van der Waals surface area contributed by atoms with Crippen molar-refractivity contribution in [3.8, 4) is 0 Å². The Morgan fingerprint density at radius 2 is 2.33 bits per heavy atom. The molecule has 1 fully saturated rings. The third-order valence-electron chi connectivity index (χ3n) is 4.40. The van der Waals surface area contributed by atoms with Crippen molar-refractivity contribution >= 4 is 22.7 Å². The zero-order chi connectivity index (χ0) is 16.9. The quantitative estimate of drug-likeness (QED) is 0.644. The third kappa shape index (κ3) is 4.39. The van der Waals surface area contributed by atoms with E-state index in [2.05, 4.69) is 27.3 Å². The van der Waals surface area contributed by atoms with Gasteiger partial charge in [-0.25, -0.2) is 9.37 Å². The van der Waals surface area contributed by atoms with Gasteiger partial charge in [0.05, 0.1) is 11.9 Å². The van der Waals surface area contributed by atoms with Crippen molar-refractivity contribution in [3.05, 3.63) is 46.2 Å². The largest absolute Gasteiger partial charge is 0.296 e. The molecule has 0 aliphatic carbocycles. The van der Waals surface area contributed by atoms with Gasteiger partial charge in [0.25, 0.3) is 0 Å². The number of piperidine rings is 1. The first-order valence-electron chi connectivity index (χ1n) is 8.35. The first-order chi connectivity index (χ1) is 11.6. The molecule has 1 aliphatic heterocycles. The molecule has 1 saturated heterocycles. The molecule has 1 atom stereocenters. The molecular formula is C18H23FN4S. The second-order valence-electron chi connectivity index (χ2n) is 6.32. The number of nitrogens with one attached hydrogen (secondary N) is 1. The van der Waals surface area contributed by atoms with Crippen LogP contribution in [0.4, 0.5) is 9.52 Å². The molecule has 0 saturated carbocycles. The van der Waals surface area contributed by atoms with E-state index >= 15 is 0 Å². The Bertz CT molecular complexity index is 713. The molecular weight excluding hydrogens is 323 g/mol. The van der Waals surface area contributed by atoms with Gasteiger partial charge in [-0.2, -0.15) is 5.10 Å². The van der Waals surface area contributed by atoms with Crippen LogP contribution in [0.1, 0.15) is 43.0 Å². The average Bonchev–Trinajstić information content (AvgIpc) is 2.97. The van der Waals surface area contributed by atoms with Crippen LogP contribution in [0.25, 0.3) is 0 Å². The van der Waals surface area contributed by atoms with Crippen LogP contribution in [0, 0.1) is 12.7 Å². The van der Waals surface area contributed by atoms with E-state index in [-0.39, 0.29) is 5.82 Å². The van der Waals surface area contributed by atoms with E-state index in [0.29, 0.717) is 6.04 Å². The van der Waals surface area contributed by atoms with Gasteiger partial charge in [0.1, 0.15) is 5.82 Å². The Labute approximate surface area is 146 Å². The maximum atomic E-state index is 13.7. The molecule has 2 heterocycles. The Morgan fingerprint density at radius 1 is 1.46 bits per heavy atom. The summed E-state index contributed by atoms with van der Waals surface area (Å²) in [6, 6.07) is 5.44. The summed E-state index contributed by atoms with van der Waals surface area (Å²) in [5.41, 5.74) is 5.83. The lowest BCUT2D eigenvalue weighted by atomic mass is 10.0. The molecule has 24 heavy (non-hydrogen) atoms. The first kappa shape index (κ1) is 17.0. The summed E-state index contributed by atoms with van der Waals surface area (Å²) in [4.78, 5) is 6.73. The van der Waals surface area contributed by atoms with Gasteiger partial charge in [0, 0.05) is 18.0 Å². The Balaban J connectivity index is 1.72. The highest BCUT2D eigenvalue weighted by molar-refractivity contribution is 7.13. The number of benzene rings is 1. The summed E-state index contributed by atoms with van der Waals surface area (Å²) in [6.07, 6.45) is 5.46. The van der Waals surface area contributed by atoms with Crippen molar-refractivity contribution < 1.29 is 4.39 Å². The number of likely N-dealkylation sites (tertiary alicyclic amines) is 1. The highest BCUT2D eigenvalue weighted by atomic mass is 32.1. The van der Waals surface area contributed by atoms with E-state index in [4.69, 9.17) is 0 Å². The minimum absolute atomic E-state index is 0.199. The molecule has 1 unspecified atom stereocenters. The van der Waals surface area contributed by atoms with Crippen LogP contribution in [0.15, 0.2) is 28.7 Å². The average molecular weight is 346 g/mol. The van der Waals surface area contributed by atoms with Gasteiger partial charge in [-0.3, -0.25) is 10.3 Å². The number of halogens is 1. The summed E-state index contributed by atoms with van der Waals surface area (Å²) in [5, 5.41) is 6.99. The molecule has 0 spiro atoms. The molecule has 1 N–H and O–H groups in total. The smallest absolute Gasteiger partial charge is 0.203 e. The van der Waals surface area contributed by atoms with Crippen LogP contribution in [0.2, 0.25) is 0 Å². The number of aromatic nitrogens is 1. The monoisotopic (exact) mass is 346 g/mol. The second-order valence-corrected chi connectivity index (χ2v) is 7.18. The van der Waals surface area contributed by atoms with E-state index in [0.717, 1.165) is 35.0 Å². The van der Waals surface area contributed by atoms with E-state index in [9.17, 15) is 4.39 Å². The van der Waals surface area contributed by atoms with Gasteiger partial charge in [0.2, 0.25) is 5.13 Å². The van der Waals surface area contributed by atoms with Crippen molar-refractivity contribution in [2.75, 3.05) is 12.0 Å². The van der Waals surface area contributed by atoms with E-state index in [1.807, 2.05) is 12.3 Å². The van der Waals surface area contributed by atoms with Crippen LogP contribution >= 0.6 is 11.3 Å². The lowest BCUT2D eigenvalue weighted by molar-refractivity contribution is 0.152. The zero-order valence-corrected chi connectivity index (χ0v) is 14.9. The summed E-state index contributed by atoms with van der Waals surface area (Å²) < 4.78 is 13.7. The van der Waals surface area contributed by atoms with Gasteiger partial charge in [-0.15, -0.1) is 11.3 Å². The fourth-order valence-electron chi connectivity index (χ4n) is 3.01. The highest BCUT2D eigenvalue weighted by Crippen LogP contribution is 2.21. The highest BCUT2D eigenvalue weighted by Gasteiger charge is 2.19. The van der Waals surface area contributed by atoms with Crippen LogP contribution in [-0.2, 0) is 6.54 Å². The topological polar surface area (TPSA) is 40.5 Å². The first-order valence-corrected chi connectivity index (χ1v) is 9.23. The number of thiazole rings is 1. The van der Waals surface area contributed by atoms with Gasteiger partial charge in [-0.05, 0) is 56.5 Å². The SMILES string of the molecule is Cc1csc(NN=Cc2ccc(F)cc2CN2CCCCC2C)n1. The minimum Gasteiger partial charge on any atom is -0.296 e. The minimum atomic E-state index is -0.199. The molecule has 6 heteroatoms. The van der Waals surface area contributed by atoms with Crippen molar-refractivity contribution in [1.29, 1.82) is 0 Å². The van der Waals surface area contributed by atoms with E-state index < -0.39 is 0 Å². The third-order valence-corrected chi connectivity index (χ3v) is 5.27. The van der Waals surface area contributed by atoms with Crippen LogP contribution in [0.3, 0.4) is 0 Å². The molecule has 128 valence electrons. The number of rotatable bonds is 5. The summed E-state index contributed by atoms with van der Waals surface area (Å²) >= 11 is 1.52. The summed E-state index contributed by atoms with van der Waals surface area (Å²) in [6.45, 7) is 6.03. The lowest BCUT2D eigenvalue weighted by Crippen LogP contribution is -2.37. The predicted molar refractivity (Wildman–Crippen MR) is 98.2 cm³/mol. The van der Waals surface area contributed by atoms with Crippen LogP contribution in [0.5, 0.6) is 0 Å².